The molecule has 0 aromatic carbocycles. The van der Waals surface area contributed by atoms with Crippen LogP contribution in [0.15, 0.2) is 12.3 Å². The fourth-order valence-corrected chi connectivity index (χ4v) is 8.23. The van der Waals surface area contributed by atoms with Gasteiger partial charge in [-0.15, -0.1) is 11.8 Å². The van der Waals surface area contributed by atoms with E-state index in [9.17, 15) is 4.79 Å². The summed E-state index contributed by atoms with van der Waals surface area (Å²) in [5.74, 6) is 2.06. The molecule has 35 heavy (non-hydrogen) atoms. The maximum absolute atomic E-state index is 13.8. The molecule has 4 aliphatic heterocycles. The lowest BCUT2D eigenvalue weighted by Gasteiger charge is -2.36. The molecule has 8 nitrogen and oxygen atoms in total. The highest BCUT2D eigenvalue weighted by atomic mass is 32.2. The van der Waals surface area contributed by atoms with E-state index in [-0.39, 0.29) is 17.3 Å². The summed E-state index contributed by atoms with van der Waals surface area (Å²) in [6.07, 6.45) is 11.0. The van der Waals surface area contributed by atoms with Gasteiger partial charge in [0.1, 0.15) is 5.82 Å². The van der Waals surface area contributed by atoms with Gasteiger partial charge >= 0.3 is 0 Å². The summed E-state index contributed by atoms with van der Waals surface area (Å²) in [6, 6.07) is 2.38. The van der Waals surface area contributed by atoms with Crippen molar-refractivity contribution >= 4 is 29.1 Å². The lowest BCUT2D eigenvalue weighted by Crippen LogP contribution is -2.43. The monoisotopic (exact) mass is 497 g/mol. The Balaban J connectivity index is 1.20. The summed E-state index contributed by atoms with van der Waals surface area (Å²) in [4.78, 5) is 23.2. The van der Waals surface area contributed by atoms with Gasteiger partial charge in [-0.1, -0.05) is 0 Å². The quantitative estimate of drug-likeness (QED) is 0.671. The number of anilines is 1. The van der Waals surface area contributed by atoms with Crippen LogP contribution in [0.5, 0.6) is 0 Å². The first-order chi connectivity index (χ1) is 17.1. The zero-order chi connectivity index (χ0) is 23.9. The van der Waals surface area contributed by atoms with Crippen LogP contribution in [0.3, 0.4) is 0 Å². The molecular weight excluding hydrogens is 458 g/mol. The van der Waals surface area contributed by atoms with Crippen LogP contribution in [0.1, 0.15) is 68.7 Å². The number of nitrogens with two attached hydrogens (primary N) is 1. The maximum Gasteiger partial charge on any atom is 0.236 e. The van der Waals surface area contributed by atoms with Crippen LogP contribution in [-0.4, -0.2) is 74.7 Å². The molecule has 6 rings (SSSR count). The summed E-state index contributed by atoms with van der Waals surface area (Å²) < 4.78 is 1.90. The average molecular weight is 498 g/mol. The minimum atomic E-state index is 0.0536. The summed E-state index contributed by atoms with van der Waals surface area (Å²) in [5.41, 5.74) is 9.10. The van der Waals surface area contributed by atoms with E-state index < -0.39 is 0 Å². The van der Waals surface area contributed by atoms with Crippen LogP contribution in [0.4, 0.5) is 5.82 Å². The number of fused-ring (bicyclic) bond motifs is 1. The number of carbonyl (C=O) groups is 1. The molecular formula is C26H39N7OS. The Morgan fingerprint density at radius 1 is 1.14 bits per heavy atom. The number of hydrogen-bond acceptors (Lipinski definition) is 7. The molecule has 0 saturated carbocycles. The van der Waals surface area contributed by atoms with Crippen LogP contribution in [-0.2, 0) is 4.79 Å². The number of thioether (sulfide) groups is 1. The first-order valence-electron chi connectivity index (χ1n) is 13.6. The highest BCUT2D eigenvalue weighted by Gasteiger charge is 2.40. The summed E-state index contributed by atoms with van der Waals surface area (Å²) in [7, 11) is 0. The number of piperidine rings is 2. The van der Waals surface area contributed by atoms with E-state index in [4.69, 9.17) is 15.8 Å². The lowest BCUT2D eigenvalue weighted by atomic mass is 9.93. The SMILES string of the molecule is Cc1cn2nc([C@@H]3CCCCN3C(=O)C3CCC(C4CCCNC4)S3)cc2nc1N1CC[C@H](N)C1. The number of aromatic nitrogens is 3. The van der Waals surface area contributed by atoms with Gasteiger partial charge in [0.25, 0.3) is 0 Å². The molecule has 4 saturated heterocycles. The molecule has 1 amide bonds. The Morgan fingerprint density at radius 3 is 2.86 bits per heavy atom. The maximum atomic E-state index is 13.8. The molecule has 2 aromatic heterocycles. The number of carbonyl (C=O) groups excluding carboxylic acids is 1. The van der Waals surface area contributed by atoms with Gasteiger partial charge in [0.2, 0.25) is 5.91 Å². The van der Waals surface area contributed by atoms with E-state index in [0.717, 1.165) is 93.5 Å². The van der Waals surface area contributed by atoms with Crippen molar-refractivity contribution in [3.05, 3.63) is 23.5 Å². The van der Waals surface area contributed by atoms with Crippen molar-refractivity contribution in [2.75, 3.05) is 37.6 Å². The molecule has 5 atom stereocenters. The fourth-order valence-electron chi connectivity index (χ4n) is 6.56. The van der Waals surface area contributed by atoms with Crippen molar-refractivity contribution in [2.24, 2.45) is 11.7 Å². The number of aryl methyl sites for hydroxylation is 1. The highest BCUT2D eigenvalue weighted by Crippen LogP contribution is 2.42. The Morgan fingerprint density at radius 2 is 2.06 bits per heavy atom. The second-order valence-electron chi connectivity index (χ2n) is 11.0. The fraction of sp³-hybridized carbons (Fsp3) is 0.731. The molecule has 2 aromatic rings. The first kappa shape index (κ1) is 23.6. The standard InChI is InChI=1S/C26H39N7OS/c1-17-15-33-24(29-25(17)31-12-9-19(27)16-31)13-20(30-33)21-6-2-3-11-32(21)26(34)23-8-7-22(35-23)18-5-4-10-28-14-18/h13,15,18-19,21-23,28H,2-12,14,16,27H2,1H3/t18?,19-,21-,22?,23?/m0/s1. The van der Waals surface area contributed by atoms with Gasteiger partial charge in [0.15, 0.2) is 5.65 Å². The molecule has 4 fully saturated rings. The van der Waals surface area contributed by atoms with Gasteiger partial charge in [0, 0.05) is 48.8 Å². The summed E-state index contributed by atoms with van der Waals surface area (Å²) in [6.45, 7) is 7.00. The van der Waals surface area contributed by atoms with Crippen LogP contribution < -0.4 is 16.0 Å². The normalized spacial score (nSPS) is 32.0. The van der Waals surface area contributed by atoms with Crippen molar-refractivity contribution in [3.8, 4) is 0 Å². The van der Waals surface area contributed by atoms with E-state index in [0.29, 0.717) is 11.2 Å². The Labute approximate surface area is 212 Å². The predicted octanol–water partition coefficient (Wildman–Crippen LogP) is 2.89. The second-order valence-corrected chi connectivity index (χ2v) is 12.5. The van der Waals surface area contributed by atoms with E-state index in [1.165, 1.54) is 19.3 Å². The highest BCUT2D eigenvalue weighted by molar-refractivity contribution is 8.01. The minimum absolute atomic E-state index is 0.0536. The third-order valence-electron chi connectivity index (χ3n) is 8.46. The smallest absolute Gasteiger partial charge is 0.236 e. The van der Waals surface area contributed by atoms with Crippen molar-refractivity contribution in [3.63, 3.8) is 0 Å². The molecule has 190 valence electrons. The third kappa shape index (κ3) is 4.67. The number of hydrogen-bond donors (Lipinski definition) is 2. The van der Waals surface area contributed by atoms with Crippen LogP contribution >= 0.6 is 11.8 Å². The molecule has 0 spiro atoms. The summed E-state index contributed by atoms with van der Waals surface area (Å²) >= 11 is 1.95. The minimum Gasteiger partial charge on any atom is -0.355 e. The Kier molecular flexibility index (Phi) is 6.66. The van der Waals surface area contributed by atoms with E-state index >= 15 is 0 Å². The Hall–Kier alpha value is -1.84. The number of amides is 1. The number of rotatable bonds is 4. The molecule has 6 heterocycles. The molecule has 9 heteroatoms. The topological polar surface area (TPSA) is 91.8 Å². The molecule has 4 aliphatic rings. The largest absolute Gasteiger partial charge is 0.355 e. The predicted molar refractivity (Wildman–Crippen MR) is 141 cm³/mol. The van der Waals surface area contributed by atoms with Gasteiger partial charge in [-0.25, -0.2) is 9.50 Å². The molecule has 0 radical (unpaired) electrons. The van der Waals surface area contributed by atoms with Crippen molar-refractivity contribution < 1.29 is 4.79 Å². The number of nitrogens with zero attached hydrogens (tertiary/aromatic N) is 5. The van der Waals surface area contributed by atoms with Gasteiger partial charge in [0.05, 0.1) is 17.0 Å². The molecule has 0 bridgehead atoms. The van der Waals surface area contributed by atoms with E-state index in [1.807, 2.05) is 16.3 Å². The van der Waals surface area contributed by atoms with Crippen LogP contribution in [0.2, 0.25) is 0 Å². The van der Waals surface area contributed by atoms with Crippen molar-refractivity contribution in [1.82, 2.24) is 24.8 Å². The van der Waals surface area contributed by atoms with E-state index in [1.54, 1.807) is 0 Å². The number of likely N-dealkylation sites (tertiary alicyclic amines) is 1. The van der Waals surface area contributed by atoms with E-state index in [2.05, 4.69) is 34.3 Å². The Bertz CT molecular complexity index is 1070. The lowest BCUT2D eigenvalue weighted by molar-refractivity contribution is -0.134. The van der Waals surface area contributed by atoms with Crippen molar-refractivity contribution in [1.29, 1.82) is 0 Å². The second kappa shape index (κ2) is 9.90. The van der Waals surface area contributed by atoms with Gasteiger partial charge < -0.3 is 20.9 Å². The molecule has 3 N–H and O–H groups in total. The van der Waals surface area contributed by atoms with Crippen LogP contribution in [0.25, 0.3) is 5.65 Å². The first-order valence-corrected chi connectivity index (χ1v) is 14.5. The molecule has 3 unspecified atom stereocenters. The zero-order valence-electron chi connectivity index (χ0n) is 20.9. The third-order valence-corrected chi connectivity index (χ3v) is 10.2. The van der Waals surface area contributed by atoms with Gasteiger partial charge in [-0.05, 0) is 77.3 Å². The average Bonchev–Trinajstić information content (AvgIpc) is 3.63. The number of nitrogens with one attached hydrogen (secondary N) is 1. The van der Waals surface area contributed by atoms with Crippen molar-refractivity contribution in [2.45, 2.75) is 80.9 Å². The van der Waals surface area contributed by atoms with Gasteiger partial charge in [-0.3, -0.25) is 4.79 Å². The molecule has 0 aliphatic carbocycles. The van der Waals surface area contributed by atoms with Gasteiger partial charge in [-0.2, -0.15) is 5.10 Å². The van der Waals surface area contributed by atoms with Crippen LogP contribution in [0, 0.1) is 12.8 Å². The zero-order valence-corrected chi connectivity index (χ0v) is 21.7. The summed E-state index contributed by atoms with van der Waals surface area (Å²) in [5, 5.41) is 9.21.